The molecule has 24 heavy (non-hydrogen) atoms. The first-order chi connectivity index (χ1) is 11.4. The number of carboxylic acids is 1. The van der Waals surface area contributed by atoms with Crippen molar-refractivity contribution in [1.29, 1.82) is 0 Å². The van der Waals surface area contributed by atoms with Crippen LogP contribution in [0.4, 0.5) is 0 Å². The molecule has 0 unspecified atom stereocenters. The summed E-state index contributed by atoms with van der Waals surface area (Å²) in [4.78, 5) is 35.8. The van der Waals surface area contributed by atoms with Gasteiger partial charge in [-0.15, -0.1) is 0 Å². The summed E-state index contributed by atoms with van der Waals surface area (Å²) in [6.45, 7) is 0. The quantitative estimate of drug-likeness (QED) is 0.485. The monoisotopic (exact) mass is 350 g/mol. The van der Waals surface area contributed by atoms with Gasteiger partial charge in [0.25, 0.3) is 5.91 Å². The van der Waals surface area contributed by atoms with Crippen molar-refractivity contribution in [2.45, 2.75) is 6.42 Å². The molecule has 1 aromatic rings. The van der Waals surface area contributed by atoms with E-state index in [-0.39, 0.29) is 28.2 Å². The van der Waals surface area contributed by atoms with Crippen molar-refractivity contribution >= 4 is 29.4 Å². The second kappa shape index (κ2) is 6.16. The van der Waals surface area contributed by atoms with Crippen molar-refractivity contribution in [2.24, 2.45) is 23.7 Å². The van der Waals surface area contributed by atoms with Crippen molar-refractivity contribution in [3.05, 3.63) is 40.9 Å². The third-order valence-corrected chi connectivity index (χ3v) is 4.78. The largest absolute Gasteiger partial charge is 0.507 e. The zero-order chi connectivity index (χ0) is 17.4. The summed E-state index contributed by atoms with van der Waals surface area (Å²) in [5, 5.41) is 19.2. The average Bonchev–Trinajstić information content (AvgIpc) is 3.15. The number of benzene rings is 1. The van der Waals surface area contributed by atoms with Gasteiger partial charge in [0.05, 0.1) is 17.4 Å². The molecule has 7 nitrogen and oxygen atoms in total. The highest BCUT2D eigenvalue weighted by Crippen LogP contribution is 2.48. The van der Waals surface area contributed by atoms with E-state index in [1.54, 1.807) is 0 Å². The van der Waals surface area contributed by atoms with E-state index in [1.165, 1.54) is 18.2 Å². The van der Waals surface area contributed by atoms with Crippen LogP contribution in [-0.4, -0.2) is 28.0 Å². The van der Waals surface area contributed by atoms with Crippen molar-refractivity contribution < 1.29 is 24.6 Å². The van der Waals surface area contributed by atoms with Crippen LogP contribution in [0.25, 0.3) is 0 Å². The number of fused-ring (bicyclic) bond motifs is 2. The van der Waals surface area contributed by atoms with Gasteiger partial charge in [0.2, 0.25) is 5.91 Å². The standard InChI is InChI=1S/C16H15ClN2O5/c17-9-3-4-11(20)10(6-9)14(21)18-19-15(22)12-7-1-2-8(5-7)13(12)16(23)24/h1-4,6-8,12-13,20H,5H2,(H,18,21)(H,19,22)(H,23,24)/t7-,8-,12+,13-/m0/s1. The first-order valence-electron chi connectivity index (χ1n) is 7.38. The summed E-state index contributed by atoms with van der Waals surface area (Å²) < 4.78 is 0. The smallest absolute Gasteiger partial charge is 0.307 e. The molecule has 1 fully saturated rings. The zero-order valence-electron chi connectivity index (χ0n) is 12.4. The molecule has 1 aromatic carbocycles. The Morgan fingerprint density at radius 2 is 1.75 bits per heavy atom. The first-order valence-corrected chi connectivity index (χ1v) is 7.76. The molecule has 4 N–H and O–H groups in total. The number of allylic oxidation sites excluding steroid dienone is 2. The highest BCUT2D eigenvalue weighted by Gasteiger charge is 2.51. The van der Waals surface area contributed by atoms with Crippen molar-refractivity contribution in [3.8, 4) is 5.75 Å². The average molecular weight is 351 g/mol. The van der Waals surface area contributed by atoms with E-state index in [2.05, 4.69) is 10.9 Å². The van der Waals surface area contributed by atoms with Crippen LogP contribution in [0.15, 0.2) is 30.4 Å². The number of phenols is 1. The van der Waals surface area contributed by atoms with Crippen LogP contribution < -0.4 is 10.9 Å². The fourth-order valence-electron chi connectivity index (χ4n) is 3.48. The summed E-state index contributed by atoms with van der Waals surface area (Å²) in [7, 11) is 0. The number of amides is 2. The van der Waals surface area contributed by atoms with E-state index in [4.69, 9.17) is 11.6 Å². The molecule has 0 aliphatic heterocycles. The molecule has 2 aliphatic carbocycles. The minimum Gasteiger partial charge on any atom is -0.507 e. The predicted molar refractivity (Wildman–Crippen MR) is 84.1 cm³/mol. The number of aromatic hydroxyl groups is 1. The number of nitrogens with one attached hydrogen (secondary N) is 2. The van der Waals surface area contributed by atoms with Gasteiger partial charge in [-0.05, 0) is 36.5 Å². The van der Waals surface area contributed by atoms with E-state index in [9.17, 15) is 24.6 Å². The van der Waals surface area contributed by atoms with Crippen LogP contribution in [0.2, 0.25) is 5.02 Å². The number of rotatable bonds is 3. The molecular formula is C16H15ClN2O5. The minimum atomic E-state index is -1.02. The maximum absolute atomic E-state index is 12.3. The normalized spacial score (nSPS) is 27.0. The summed E-state index contributed by atoms with van der Waals surface area (Å²) in [5.41, 5.74) is 4.35. The van der Waals surface area contributed by atoms with E-state index < -0.39 is 29.6 Å². The second-order valence-corrected chi connectivity index (χ2v) is 6.38. The molecule has 0 aromatic heterocycles. The van der Waals surface area contributed by atoms with Gasteiger partial charge >= 0.3 is 5.97 Å². The number of phenolic OH excluding ortho intramolecular Hbond substituents is 1. The number of hydrogen-bond donors (Lipinski definition) is 4. The molecule has 0 saturated heterocycles. The van der Waals surface area contributed by atoms with Gasteiger partial charge in [-0.2, -0.15) is 0 Å². The Balaban J connectivity index is 1.67. The predicted octanol–water partition coefficient (Wildman–Crippen LogP) is 1.33. The van der Waals surface area contributed by atoms with Crippen LogP contribution in [0, 0.1) is 23.7 Å². The van der Waals surface area contributed by atoms with Crippen LogP contribution in [0.3, 0.4) is 0 Å². The number of hydrogen-bond acceptors (Lipinski definition) is 4. The van der Waals surface area contributed by atoms with Gasteiger partial charge in [-0.25, -0.2) is 0 Å². The second-order valence-electron chi connectivity index (χ2n) is 5.94. The van der Waals surface area contributed by atoms with E-state index >= 15 is 0 Å². The molecule has 2 bridgehead atoms. The Morgan fingerprint density at radius 3 is 2.42 bits per heavy atom. The van der Waals surface area contributed by atoms with Crippen LogP contribution >= 0.6 is 11.6 Å². The molecule has 1 saturated carbocycles. The number of hydrazine groups is 1. The molecule has 0 radical (unpaired) electrons. The Hall–Kier alpha value is -2.54. The highest BCUT2D eigenvalue weighted by atomic mass is 35.5. The van der Waals surface area contributed by atoms with Gasteiger partial charge in [-0.3, -0.25) is 25.2 Å². The summed E-state index contributed by atoms with van der Waals surface area (Å²) in [6.07, 6.45) is 4.30. The Morgan fingerprint density at radius 1 is 1.08 bits per heavy atom. The molecule has 2 amide bonds. The fourth-order valence-corrected chi connectivity index (χ4v) is 3.65. The van der Waals surface area contributed by atoms with Crippen molar-refractivity contribution in [2.75, 3.05) is 0 Å². The van der Waals surface area contributed by atoms with E-state index in [0.717, 1.165) is 0 Å². The topological polar surface area (TPSA) is 116 Å². The maximum Gasteiger partial charge on any atom is 0.307 e. The number of carbonyl (C=O) groups excluding carboxylic acids is 2. The Bertz CT molecular complexity index is 748. The lowest BCUT2D eigenvalue weighted by Crippen LogP contribution is -2.48. The molecule has 2 aliphatic rings. The Labute approximate surface area is 142 Å². The van der Waals surface area contributed by atoms with Crippen LogP contribution in [-0.2, 0) is 9.59 Å². The van der Waals surface area contributed by atoms with Gasteiger partial charge in [0.1, 0.15) is 5.75 Å². The summed E-state index contributed by atoms with van der Waals surface area (Å²) in [5.74, 6) is -4.43. The molecule has 0 spiro atoms. The number of carbonyl (C=O) groups is 3. The van der Waals surface area contributed by atoms with Crippen molar-refractivity contribution in [1.82, 2.24) is 10.9 Å². The number of halogens is 1. The summed E-state index contributed by atoms with van der Waals surface area (Å²) >= 11 is 5.77. The first kappa shape index (κ1) is 16.3. The molecule has 3 rings (SSSR count). The van der Waals surface area contributed by atoms with Gasteiger partial charge in [-0.1, -0.05) is 23.8 Å². The lowest BCUT2D eigenvalue weighted by molar-refractivity contribution is -0.148. The van der Waals surface area contributed by atoms with Gasteiger partial charge in [0, 0.05) is 5.02 Å². The molecular weight excluding hydrogens is 336 g/mol. The lowest BCUT2D eigenvalue weighted by atomic mass is 9.82. The van der Waals surface area contributed by atoms with Crippen LogP contribution in [0.5, 0.6) is 5.75 Å². The number of carboxylic acid groups (broad SMARTS) is 1. The fraction of sp³-hybridized carbons (Fsp3) is 0.312. The molecule has 126 valence electrons. The SMILES string of the molecule is O=C(NNC(=O)[C@H]1[C@@H](C(=O)O)[C@H]2C=C[C@H]1C2)c1cc(Cl)ccc1O. The molecule has 0 heterocycles. The third kappa shape index (κ3) is 2.82. The molecule has 4 atom stereocenters. The van der Waals surface area contributed by atoms with E-state index in [1.807, 2.05) is 12.2 Å². The minimum absolute atomic E-state index is 0.0922. The Kier molecular flexibility index (Phi) is 4.19. The zero-order valence-corrected chi connectivity index (χ0v) is 13.2. The number of aliphatic carboxylic acids is 1. The van der Waals surface area contributed by atoms with Crippen LogP contribution in [0.1, 0.15) is 16.8 Å². The van der Waals surface area contributed by atoms with Gasteiger partial charge < -0.3 is 10.2 Å². The van der Waals surface area contributed by atoms with Gasteiger partial charge in [0.15, 0.2) is 0 Å². The van der Waals surface area contributed by atoms with E-state index in [0.29, 0.717) is 6.42 Å². The maximum atomic E-state index is 12.3. The highest BCUT2D eigenvalue weighted by molar-refractivity contribution is 6.31. The van der Waals surface area contributed by atoms with Crippen molar-refractivity contribution in [3.63, 3.8) is 0 Å². The summed E-state index contributed by atoms with van der Waals surface area (Å²) in [6, 6.07) is 3.95. The lowest BCUT2D eigenvalue weighted by Gasteiger charge is -2.23. The molecule has 8 heteroatoms. The third-order valence-electron chi connectivity index (χ3n) is 4.55.